The van der Waals surface area contributed by atoms with Crippen molar-refractivity contribution < 1.29 is 9.90 Å². The van der Waals surface area contributed by atoms with Gasteiger partial charge in [0.15, 0.2) is 0 Å². The van der Waals surface area contributed by atoms with E-state index >= 15 is 0 Å². The minimum Gasteiger partial charge on any atom is -0.395 e. The molecule has 0 spiro atoms. The lowest BCUT2D eigenvalue weighted by Gasteiger charge is -2.25. The summed E-state index contributed by atoms with van der Waals surface area (Å²) in [4.78, 5) is 25.0. The van der Waals surface area contributed by atoms with Crippen LogP contribution in [0.1, 0.15) is 35.6 Å². The van der Waals surface area contributed by atoms with E-state index in [0.717, 1.165) is 49.3 Å². The van der Waals surface area contributed by atoms with Gasteiger partial charge in [0, 0.05) is 31.9 Å². The van der Waals surface area contributed by atoms with Crippen LogP contribution in [-0.4, -0.2) is 67.3 Å². The molecule has 1 saturated heterocycles. The number of rotatable bonds is 9. The molecular weight excluding hydrogens is 460 g/mol. The predicted octanol–water partition coefficient (Wildman–Crippen LogP) is 3.15. The molecule has 35 heavy (non-hydrogen) atoms. The Hall–Kier alpha value is -3.11. The van der Waals surface area contributed by atoms with Crippen molar-refractivity contribution in [2.75, 3.05) is 51.3 Å². The number of aliphatic hydroxyl groups excluding tert-OH is 1. The molecule has 1 aromatic carbocycles. The van der Waals surface area contributed by atoms with E-state index in [2.05, 4.69) is 33.1 Å². The van der Waals surface area contributed by atoms with E-state index in [4.69, 9.17) is 16.7 Å². The molecule has 0 aliphatic carbocycles. The number of pyridine rings is 1. The smallest absolute Gasteiger partial charge is 0.232 e. The third-order valence-electron chi connectivity index (χ3n) is 6.01. The molecule has 8 nitrogen and oxygen atoms in total. The number of carbonyl (C=O) groups excluding carboxylic acids is 1. The van der Waals surface area contributed by atoms with Gasteiger partial charge in [0.2, 0.25) is 11.6 Å². The van der Waals surface area contributed by atoms with Crippen LogP contribution in [0.3, 0.4) is 0 Å². The number of nitrogens with zero attached hydrogens (tertiary/aromatic N) is 5. The number of amides is 1. The Morgan fingerprint density at radius 2 is 2.00 bits per heavy atom. The summed E-state index contributed by atoms with van der Waals surface area (Å²) in [6.45, 7) is 13.5. The molecule has 1 aromatic heterocycles. The SMILES string of the molecule is [C-]#[N+]c1c(N2CCCN(C)CC2)nc(SCc2ccc(CC(=O)NCCO)cc2)c(C#N)c1CC. The average molecular weight is 493 g/mol. The molecule has 0 bridgehead atoms. The highest BCUT2D eigenvalue weighted by atomic mass is 32.2. The van der Waals surface area contributed by atoms with E-state index in [-0.39, 0.29) is 25.5 Å². The van der Waals surface area contributed by atoms with Gasteiger partial charge in [-0.2, -0.15) is 5.26 Å². The number of carbonyl (C=O) groups is 1. The number of benzene rings is 1. The van der Waals surface area contributed by atoms with Gasteiger partial charge in [-0.15, -0.1) is 11.8 Å². The Bertz CT molecular complexity index is 1110. The zero-order chi connectivity index (χ0) is 25.2. The Balaban J connectivity index is 1.81. The summed E-state index contributed by atoms with van der Waals surface area (Å²) in [5, 5.41) is 22.1. The lowest BCUT2D eigenvalue weighted by atomic mass is 10.1. The van der Waals surface area contributed by atoms with Crippen molar-refractivity contribution in [3.63, 3.8) is 0 Å². The summed E-state index contributed by atoms with van der Waals surface area (Å²) in [5.74, 6) is 1.20. The van der Waals surface area contributed by atoms with Gasteiger partial charge in [-0.3, -0.25) is 4.79 Å². The van der Waals surface area contributed by atoms with Crippen LogP contribution in [-0.2, 0) is 23.4 Å². The van der Waals surface area contributed by atoms with E-state index in [1.807, 2.05) is 31.2 Å². The summed E-state index contributed by atoms with van der Waals surface area (Å²) >= 11 is 1.51. The molecule has 1 aliphatic heterocycles. The number of likely N-dealkylation sites (N-methyl/N-ethyl adjacent to an activating group) is 1. The van der Waals surface area contributed by atoms with Gasteiger partial charge in [0.05, 0.1) is 25.2 Å². The molecule has 0 radical (unpaired) electrons. The van der Waals surface area contributed by atoms with Crippen molar-refractivity contribution in [2.45, 2.75) is 37.0 Å². The highest BCUT2D eigenvalue weighted by Crippen LogP contribution is 2.39. The first-order valence-corrected chi connectivity index (χ1v) is 12.8. The second-order valence-electron chi connectivity index (χ2n) is 8.52. The van der Waals surface area contributed by atoms with Gasteiger partial charge in [-0.1, -0.05) is 31.2 Å². The van der Waals surface area contributed by atoms with Crippen LogP contribution in [0.4, 0.5) is 11.5 Å². The van der Waals surface area contributed by atoms with E-state index in [1.165, 1.54) is 11.8 Å². The van der Waals surface area contributed by atoms with Crippen LogP contribution in [0, 0.1) is 17.9 Å². The second-order valence-corrected chi connectivity index (χ2v) is 9.48. The standard InChI is InChI=1S/C26H32N6O2S/c1-4-21-22(17-27)26(30-25(24(21)28-2)32-12-5-11-31(3)13-14-32)35-18-20-8-6-19(7-9-20)16-23(34)29-10-15-33/h6-9,33H,4-5,10-16,18H2,1,3H3,(H,29,34). The topological polar surface area (TPSA) is 96.8 Å². The predicted molar refractivity (Wildman–Crippen MR) is 139 cm³/mol. The maximum Gasteiger partial charge on any atom is 0.232 e. The van der Waals surface area contributed by atoms with Gasteiger partial charge >= 0.3 is 0 Å². The number of hydrogen-bond acceptors (Lipinski definition) is 7. The van der Waals surface area contributed by atoms with Crippen LogP contribution in [0.25, 0.3) is 4.85 Å². The lowest BCUT2D eigenvalue weighted by molar-refractivity contribution is -0.120. The molecule has 0 saturated carbocycles. The number of nitrogens with one attached hydrogen (secondary N) is 1. The minimum atomic E-state index is -0.122. The molecule has 184 valence electrons. The number of thioether (sulfide) groups is 1. The van der Waals surface area contributed by atoms with E-state index in [0.29, 0.717) is 34.3 Å². The van der Waals surface area contributed by atoms with Gasteiger partial charge < -0.3 is 20.2 Å². The van der Waals surface area contributed by atoms with Crippen molar-refractivity contribution in [1.29, 1.82) is 5.26 Å². The third kappa shape index (κ3) is 6.95. The van der Waals surface area contributed by atoms with Gasteiger partial charge in [0.1, 0.15) is 16.9 Å². The van der Waals surface area contributed by atoms with Crippen LogP contribution in [0.15, 0.2) is 29.3 Å². The van der Waals surface area contributed by atoms with Crippen LogP contribution < -0.4 is 10.2 Å². The Labute approximate surface area is 211 Å². The van der Waals surface area contributed by atoms with Crippen LogP contribution in [0.2, 0.25) is 0 Å². The molecule has 2 aromatic rings. The summed E-state index contributed by atoms with van der Waals surface area (Å²) in [5.41, 5.74) is 3.73. The van der Waals surface area contributed by atoms with E-state index < -0.39 is 0 Å². The van der Waals surface area contributed by atoms with Crippen molar-refractivity contribution in [2.24, 2.45) is 0 Å². The largest absolute Gasteiger partial charge is 0.395 e. The fourth-order valence-corrected chi connectivity index (χ4v) is 5.06. The first-order valence-electron chi connectivity index (χ1n) is 11.9. The normalized spacial score (nSPS) is 14.1. The number of aromatic nitrogens is 1. The zero-order valence-corrected chi connectivity index (χ0v) is 21.2. The Morgan fingerprint density at radius 1 is 1.26 bits per heavy atom. The fourth-order valence-electron chi connectivity index (χ4n) is 4.10. The highest BCUT2D eigenvalue weighted by Gasteiger charge is 2.24. The number of aliphatic hydroxyl groups is 1. The number of hydrogen-bond donors (Lipinski definition) is 2. The van der Waals surface area contributed by atoms with Gasteiger partial charge in [-0.05, 0) is 43.1 Å². The van der Waals surface area contributed by atoms with Crippen molar-refractivity contribution >= 4 is 29.2 Å². The maximum atomic E-state index is 11.9. The Morgan fingerprint density at radius 3 is 2.66 bits per heavy atom. The summed E-state index contributed by atoms with van der Waals surface area (Å²) < 4.78 is 0. The quantitative estimate of drug-likeness (QED) is 0.410. The lowest BCUT2D eigenvalue weighted by Crippen LogP contribution is -2.29. The minimum absolute atomic E-state index is 0.0756. The first-order chi connectivity index (χ1) is 17.0. The van der Waals surface area contributed by atoms with Crippen LogP contribution in [0.5, 0.6) is 0 Å². The monoisotopic (exact) mass is 492 g/mol. The summed E-state index contributed by atoms with van der Waals surface area (Å²) in [6, 6.07) is 10.1. The molecule has 0 atom stereocenters. The highest BCUT2D eigenvalue weighted by molar-refractivity contribution is 7.98. The average Bonchev–Trinajstić information content (AvgIpc) is 3.10. The van der Waals surface area contributed by atoms with Crippen molar-refractivity contribution in [3.8, 4) is 6.07 Å². The molecule has 1 fully saturated rings. The fraction of sp³-hybridized carbons (Fsp3) is 0.462. The van der Waals surface area contributed by atoms with Gasteiger partial charge in [0.25, 0.3) is 0 Å². The number of nitriles is 1. The van der Waals surface area contributed by atoms with Crippen molar-refractivity contribution in [3.05, 3.63) is 57.9 Å². The molecule has 2 heterocycles. The molecule has 9 heteroatoms. The van der Waals surface area contributed by atoms with Crippen LogP contribution >= 0.6 is 11.8 Å². The first kappa shape index (κ1) is 26.5. The maximum absolute atomic E-state index is 11.9. The summed E-state index contributed by atoms with van der Waals surface area (Å²) in [7, 11) is 2.11. The molecule has 3 rings (SSSR count). The molecule has 0 unspecified atom stereocenters. The Kier molecular flexibility index (Phi) is 9.92. The number of anilines is 1. The van der Waals surface area contributed by atoms with E-state index in [1.54, 1.807) is 0 Å². The van der Waals surface area contributed by atoms with E-state index in [9.17, 15) is 10.1 Å². The molecule has 2 N–H and O–H groups in total. The molecule has 1 amide bonds. The van der Waals surface area contributed by atoms with Gasteiger partial charge in [-0.25, -0.2) is 9.83 Å². The molecule has 1 aliphatic rings. The zero-order valence-electron chi connectivity index (χ0n) is 20.4. The third-order valence-corrected chi connectivity index (χ3v) is 7.06. The van der Waals surface area contributed by atoms with Crippen molar-refractivity contribution in [1.82, 2.24) is 15.2 Å². The molecular formula is C26H32N6O2S. The summed E-state index contributed by atoms with van der Waals surface area (Å²) in [6.07, 6.45) is 1.87. The second kappa shape index (κ2) is 13.1.